The number of nitrogens with zero attached hydrogens (tertiary/aromatic N) is 1. The molecule has 2 rings (SSSR count). The summed E-state index contributed by atoms with van der Waals surface area (Å²) in [5.74, 6) is 0.385. The highest BCUT2D eigenvalue weighted by Crippen LogP contribution is 2.23. The Labute approximate surface area is 108 Å². The summed E-state index contributed by atoms with van der Waals surface area (Å²) in [6, 6.07) is 9.42. The van der Waals surface area contributed by atoms with Gasteiger partial charge in [-0.05, 0) is 30.5 Å². The lowest BCUT2D eigenvalue weighted by molar-refractivity contribution is -0.126. The molecule has 1 aromatic rings. The van der Waals surface area contributed by atoms with E-state index in [0.717, 1.165) is 18.4 Å². The third kappa shape index (κ3) is 3.33. The molecule has 1 saturated carbocycles. The van der Waals surface area contributed by atoms with Crippen LogP contribution in [0.5, 0.6) is 0 Å². The van der Waals surface area contributed by atoms with Crippen molar-refractivity contribution >= 4 is 5.91 Å². The van der Waals surface area contributed by atoms with Crippen LogP contribution in [0.3, 0.4) is 0 Å². The Morgan fingerprint density at radius 1 is 1.22 bits per heavy atom. The average molecular weight is 242 g/mol. The molecule has 0 spiro atoms. The van der Waals surface area contributed by atoms with E-state index in [-0.39, 0.29) is 11.8 Å². The van der Waals surface area contributed by atoms with Gasteiger partial charge in [0.15, 0.2) is 0 Å². The molecule has 0 heterocycles. The van der Waals surface area contributed by atoms with E-state index in [1.165, 1.54) is 19.3 Å². The van der Waals surface area contributed by atoms with E-state index in [2.05, 4.69) is 11.4 Å². The van der Waals surface area contributed by atoms with Crippen LogP contribution in [0.1, 0.15) is 43.2 Å². The van der Waals surface area contributed by atoms with Crippen LogP contribution in [0.15, 0.2) is 24.3 Å². The summed E-state index contributed by atoms with van der Waals surface area (Å²) in [7, 11) is 0. The number of rotatable bonds is 3. The van der Waals surface area contributed by atoms with Gasteiger partial charge in [0.05, 0.1) is 11.6 Å². The van der Waals surface area contributed by atoms with Crippen molar-refractivity contribution in [3.05, 3.63) is 35.4 Å². The topological polar surface area (TPSA) is 52.9 Å². The van der Waals surface area contributed by atoms with Crippen LogP contribution < -0.4 is 5.32 Å². The number of amides is 1. The summed E-state index contributed by atoms with van der Waals surface area (Å²) >= 11 is 0. The largest absolute Gasteiger partial charge is 0.352 e. The van der Waals surface area contributed by atoms with E-state index in [1.54, 1.807) is 12.1 Å². The van der Waals surface area contributed by atoms with Crippen LogP contribution in [-0.4, -0.2) is 5.91 Å². The molecule has 18 heavy (non-hydrogen) atoms. The Bertz CT molecular complexity index is 439. The minimum Gasteiger partial charge on any atom is -0.352 e. The van der Waals surface area contributed by atoms with Gasteiger partial charge in [-0.1, -0.05) is 31.4 Å². The highest BCUT2D eigenvalue weighted by Gasteiger charge is 2.20. The Morgan fingerprint density at radius 3 is 2.50 bits per heavy atom. The molecule has 1 aromatic carbocycles. The van der Waals surface area contributed by atoms with Crippen LogP contribution in [0.4, 0.5) is 0 Å². The van der Waals surface area contributed by atoms with Crippen molar-refractivity contribution in [2.45, 2.75) is 38.6 Å². The predicted molar refractivity (Wildman–Crippen MR) is 69.6 cm³/mol. The van der Waals surface area contributed by atoms with Gasteiger partial charge in [0.2, 0.25) is 5.91 Å². The molecule has 0 aromatic heterocycles. The lowest BCUT2D eigenvalue weighted by atomic mass is 9.88. The number of carbonyl (C=O) groups is 1. The van der Waals surface area contributed by atoms with Crippen LogP contribution in [0, 0.1) is 17.2 Å². The zero-order valence-electron chi connectivity index (χ0n) is 10.5. The normalized spacial score (nSPS) is 15.9. The standard InChI is InChI=1S/C15H18N2O/c16-10-12-6-8-13(9-7-12)11-17-15(18)14-4-2-1-3-5-14/h6-9,14H,1-5,11H2,(H,17,18). The van der Waals surface area contributed by atoms with E-state index < -0.39 is 0 Å². The maximum Gasteiger partial charge on any atom is 0.223 e. The van der Waals surface area contributed by atoms with Gasteiger partial charge in [0.1, 0.15) is 0 Å². The van der Waals surface area contributed by atoms with Crippen LogP contribution in [0.25, 0.3) is 0 Å². The summed E-state index contributed by atoms with van der Waals surface area (Å²) in [6.45, 7) is 0.557. The lowest BCUT2D eigenvalue weighted by Crippen LogP contribution is -2.31. The minimum atomic E-state index is 0.180. The van der Waals surface area contributed by atoms with E-state index in [1.807, 2.05) is 12.1 Å². The molecule has 3 nitrogen and oxygen atoms in total. The number of hydrogen-bond acceptors (Lipinski definition) is 2. The summed E-state index contributed by atoms with van der Waals surface area (Å²) < 4.78 is 0. The second-order valence-corrected chi connectivity index (χ2v) is 4.86. The Kier molecular flexibility index (Phi) is 4.35. The molecule has 0 atom stereocenters. The molecule has 0 aliphatic heterocycles. The van der Waals surface area contributed by atoms with Gasteiger partial charge in [-0.15, -0.1) is 0 Å². The van der Waals surface area contributed by atoms with Crippen molar-refractivity contribution in [3.63, 3.8) is 0 Å². The van der Waals surface area contributed by atoms with Crippen molar-refractivity contribution in [1.82, 2.24) is 5.32 Å². The highest BCUT2D eigenvalue weighted by molar-refractivity contribution is 5.78. The van der Waals surface area contributed by atoms with Crippen LogP contribution in [0.2, 0.25) is 0 Å². The molecular formula is C15H18N2O. The van der Waals surface area contributed by atoms with Crippen molar-refractivity contribution in [2.75, 3.05) is 0 Å². The van der Waals surface area contributed by atoms with E-state index in [4.69, 9.17) is 5.26 Å². The number of benzene rings is 1. The van der Waals surface area contributed by atoms with E-state index in [0.29, 0.717) is 12.1 Å². The molecule has 1 aliphatic carbocycles. The Balaban J connectivity index is 1.83. The van der Waals surface area contributed by atoms with Gasteiger partial charge < -0.3 is 5.32 Å². The van der Waals surface area contributed by atoms with E-state index in [9.17, 15) is 4.79 Å². The van der Waals surface area contributed by atoms with Gasteiger partial charge in [-0.3, -0.25) is 4.79 Å². The van der Waals surface area contributed by atoms with Gasteiger partial charge in [0.25, 0.3) is 0 Å². The first-order valence-corrected chi connectivity index (χ1v) is 6.56. The van der Waals surface area contributed by atoms with Crippen molar-refractivity contribution in [2.24, 2.45) is 5.92 Å². The second kappa shape index (κ2) is 6.20. The van der Waals surface area contributed by atoms with E-state index >= 15 is 0 Å². The average Bonchev–Trinajstić information content (AvgIpc) is 2.46. The van der Waals surface area contributed by atoms with Crippen molar-refractivity contribution < 1.29 is 4.79 Å². The van der Waals surface area contributed by atoms with Crippen molar-refractivity contribution in [3.8, 4) is 6.07 Å². The molecule has 1 N–H and O–H groups in total. The second-order valence-electron chi connectivity index (χ2n) is 4.86. The molecule has 3 heteroatoms. The molecule has 94 valence electrons. The number of hydrogen-bond donors (Lipinski definition) is 1. The third-order valence-corrected chi connectivity index (χ3v) is 3.53. The monoisotopic (exact) mass is 242 g/mol. The van der Waals surface area contributed by atoms with Gasteiger partial charge in [-0.2, -0.15) is 5.26 Å². The molecule has 1 amide bonds. The van der Waals surface area contributed by atoms with Crippen LogP contribution >= 0.6 is 0 Å². The smallest absolute Gasteiger partial charge is 0.223 e. The highest BCUT2D eigenvalue weighted by atomic mass is 16.1. The molecule has 1 fully saturated rings. The SMILES string of the molecule is N#Cc1ccc(CNC(=O)C2CCCCC2)cc1. The predicted octanol–water partition coefficient (Wildman–Crippen LogP) is 2.75. The lowest BCUT2D eigenvalue weighted by Gasteiger charge is -2.20. The molecule has 0 saturated heterocycles. The maximum atomic E-state index is 11.9. The third-order valence-electron chi connectivity index (χ3n) is 3.53. The Hall–Kier alpha value is -1.82. The Morgan fingerprint density at radius 2 is 1.89 bits per heavy atom. The summed E-state index contributed by atoms with van der Waals surface area (Å²) in [4.78, 5) is 11.9. The zero-order valence-corrected chi connectivity index (χ0v) is 10.5. The fourth-order valence-electron chi connectivity index (χ4n) is 2.40. The fourth-order valence-corrected chi connectivity index (χ4v) is 2.40. The molecular weight excluding hydrogens is 224 g/mol. The zero-order chi connectivity index (χ0) is 12.8. The summed E-state index contributed by atoms with van der Waals surface area (Å²) in [5.41, 5.74) is 1.69. The quantitative estimate of drug-likeness (QED) is 0.886. The minimum absolute atomic E-state index is 0.180. The molecule has 1 aliphatic rings. The van der Waals surface area contributed by atoms with Crippen LogP contribution in [-0.2, 0) is 11.3 Å². The summed E-state index contributed by atoms with van der Waals surface area (Å²) in [5, 5.41) is 11.7. The van der Waals surface area contributed by atoms with Gasteiger partial charge in [-0.25, -0.2) is 0 Å². The van der Waals surface area contributed by atoms with Crippen molar-refractivity contribution in [1.29, 1.82) is 5.26 Å². The number of carbonyl (C=O) groups excluding carboxylic acids is 1. The van der Waals surface area contributed by atoms with Gasteiger partial charge >= 0.3 is 0 Å². The molecule has 0 radical (unpaired) electrons. The molecule has 0 unspecified atom stereocenters. The fraction of sp³-hybridized carbons (Fsp3) is 0.467. The van der Waals surface area contributed by atoms with Gasteiger partial charge in [0, 0.05) is 12.5 Å². The number of nitrogens with one attached hydrogen (secondary N) is 1. The molecule has 0 bridgehead atoms. The number of nitriles is 1. The maximum absolute atomic E-state index is 11.9. The first-order chi connectivity index (χ1) is 8.79. The summed E-state index contributed by atoms with van der Waals surface area (Å²) in [6.07, 6.45) is 5.67. The first-order valence-electron chi connectivity index (χ1n) is 6.56. The first kappa shape index (κ1) is 12.6.